The summed E-state index contributed by atoms with van der Waals surface area (Å²) in [5, 5.41) is 4.98. The molecule has 0 saturated carbocycles. The van der Waals surface area contributed by atoms with Gasteiger partial charge in [0.05, 0.1) is 13.2 Å². The van der Waals surface area contributed by atoms with Gasteiger partial charge in [0.2, 0.25) is 0 Å². The van der Waals surface area contributed by atoms with Crippen LogP contribution in [0.4, 0.5) is 0 Å². The molecule has 3 aromatic rings. The van der Waals surface area contributed by atoms with Crippen LogP contribution in [0, 0.1) is 0 Å². The first-order valence-electron chi connectivity index (χ1n) is 13.0. The maximum atomic E-state index is 6.09. The van der Waals surface area contributed by atoms with Crippen molar-refractivity contribution in [2.45, 2.75) is 90.9 Å². The molecule has 3 rings (SSSR count). The highest BCUT2D eigenvalue weighted by atomic mass is 16.5. The molecule has 0 aliphatic rings. The molecule has 32 heavy (non-hydrogen) atoms. The van der Waals surface area contributed by atoms with E-state index in [1.807, 2.05) is 0 Å². The molecule has 0 aromatic heterocycles. The van der Waals surface area contributed by atoms with Crippen molar-refractivity contribution in [3.05, 3.63) is 48.5 Å². The van der Waals surface area contributed by atoms with Crippen molar-refractivity contribution < 1.29 is 9.47 Å². The minimum absolute atomic E-state index is 0.801. The van der Waals surface area contributed by atoms with E-state index in [0.717, 1.165) is 37.6 Å². The fourth-order valence-corrected chi connectivity index (χ4v) is 4.33. The van der Waals surface area contributed by atoms with E-state index >= 15 is 0 Å². The van der Waals surface area contributed by atoms with Gasteiger partial charge in [-0.2, -0.15) is 0 Å². The average molecular weight is 435 g/mol. The van der Waals surface area contributed by atoms with Crippen LogP contribution in [0.25, 0.3) is 21.5 Å². The Morgan fingerprint density at radius 2 is 0.844 bits per heavy atom. The van der Waals surface area contributed by atoms with Gasteiger partial charge >= 0.3 is 0 Å². The molecule has 2 heteroatoms. The first kappa shape index (κ1) is 24.4. The maximum absolute atomic E-state index is 6.09. The Bertz CT molecular complexity index is 854. The summed E-state index contributed by atoms with van der Waals surface area (Å²) in [5.74, 6) is 1.94. The monoisotopic (exact) mass is 434 g/mol. The zero-order valence-electron chi connectivity index (χ0n) is 20.3. The van der Waals surface area contributed by atoms with Crippen molar-refractivity contribution in [2.75, 3.05) is 13.2 Å². The molecular weight excluding hydrogens is 392 g/mol. The predicted molar refractivity (Wildman–Crippen MR) is 139 cm³/mol. The van der Waals surface area contributed by atoms with Crippen LogP contribution in [-0.2, 0) is 0 Å². The highest BCUT2D eigenvalue weighted by Crippen LogP contribution is 2.31. The highest BCUT2D eigenvalue weighted by molar-refractivity contribution is 6.08. The van der Waals surface area contributed by atoms with E-state index in [9.17, 15) is 0 Å². The van der Waals surface area contributed by atoms with Crippen LogP contribution in [0.1, 0.15) is 90.9 Å². The molecule has 0 aliphatic carbocycles. The molecule has 0 spiro atoms. The molecule has 0 aliphatic heterocycles. The van der Waals surface area contributed by atoms with Crippen molar-refractivity contribution in [1.82, 2.24) is 0 Å². The van der Waals surface area contributed by atoms with Gasteiger partial charge in [0.25, 0.3) is 0 Å². The Labute approximate surface area is 195 Å². The standard InChI is InChI=1S/C30H42O2/c1-3-5-7-9-11-13-21-31-27-19-17-25-15-16-26-18-20-28(24-30(26)29(25)23-27)32-22-14-12-10-8-6-4-2/h15-20,23-24H,3-14,21-22H2,1-2H3. The quantitative estimate of drug-likeness (QED) is 0.165. The van der Waals surface area contributed by atoms with Crippen molar-refractivity contribution in [3.8, 4) is 11.5 Å². The van der Waals surface area contributed by atoms with E-state index in [-0.39, 0.29) is 0 Å². The van der Waals surface area contributed by atoms with Gasteiger partial charge in [-0.25, -0.2) is 0 Å². The molecule has 3 aromatic carbocycles. The molecule has 0 amide bonds. The van der Waals surface area contributed by atoms with Crippen molar-refractivity contribution in [2.24, 2.45) is 0 Å². The lowest BCUT2D eigenvalue weighted by Crippen LogP contribution is -1.98. The third-order valence-corrected chi connectivity index (χ3v) is 6.32. The molecule has 0 bridgehead atoms. The summed E-state index contributed by atoms with van der Waals surface area (Å²) in [7, 11) is 0. The van der Waals surface area contributed by atoms with Gasteiger partial charge in [-0.3, -0.25) is 0 Å². The Morgan fingerprint density at radius 3 is 1.28 bits per heavy atom. The maximum Gasteiger partial charge on any atom is 0.119 e. The molecule has 0 fully saturated rings. The molecule has 0 heterocycles. The van der Waals surface area contributed by atoms with Crippen LogP contribution in [0.3, 0.4) is 0 Å². The van der Waals surface area contributed by atoms with Crippen LogP contribution >= 0.6 is 0 Å². The molecule has 0 unspecified atom stereocenters. The third kappa shape index (κ3) is 7.73. The van der Waals surface area contributed by atoms with Crippen LogP contribution in [0.15, 0.2) is 48.5 Å². The summed E-state index contributed by atoms with van der Waals surface area (Å²) in [6.07, 6.45) is 15.4. The molecule has 2 nitrogen and oxygen atoms in total. The zero-order chi connectivity index (χ0) is 22.4. The van der Waals surface area contributed by atoms with Crippen LogP contribution in [0.5, 0.6) is 11.5 Å². The van der Waals surface area contributed by atoms with Gasteiger partial charge < -0.3 is 9.47 Å². The molecular formula is C30H42O2. The van der Waals surface area contributed by atoms with E-state index in [4.69, 9.17) is 9.47 Å². The Balaban J connectivity index is 1.58. The second-order valence-electron chi connectivity index (χ2n) is 9.06. The zero-order valence-corrected chi connectivity index (χ0v) is 20.3. The number of ether oxygens (including phenoxy) is 2. The number of unbranched alkanes of at least 4 members (excludes halogenated alkanes) is 10. The van der Waals surface area contributed by atoms with E-state index in [1.165, 1.54) is 85.8 Å². The summed E-state index contributed by atoms with van der Waals surface area (Å²) in [6.45, 7) is 6.12. The smallest absolute Gasteiger partial charge is 0.119 e. The molecule has 174 valence electrons. The molecule has 0 atom stereocenters. The number of hydrogen-bond donors (Lipinski definition) is 0. The van der Waals surface area contributed by atoms with E-state index in [0.29, 0.717) is 0 Å². The third-order valence-electron chi connectivity index (χ3n) is 6.32. The lowest BCUT2D eigenvalue weighted by Gasteiger charge is -2.11. The summed E-state index contributed by atoms with van der Waals surface area (Å²) in [6, 6.07) is 17.4. The normalized spacial score (nSPS) is 11.3. The fraction of sp³-hybridized carbons (Fsp3) is 0.533. The second kappa shape index (κ2) is 14.0. The Kier molecular flexibility index (Phi) is 10.7. The molecule has 0 saturated heterocycles. The van der Waals surface area contributed by atoms with Crippen LogP contribution < -0.4 is 9.47 Å². The second-order valence-corrected chi connectivity index (χ2v) is 9.06. The van der Waals surface area contributed by atoms with Gasteiger partial charge in [-0.15, -0.1) is 0 Å². The molecule has 0 radical (unpaired) electrons. The van der Waals surface area contributed by atoms with Gasteiger partial charge in [-0.1, -0.05) is 102 Å². The summed E-state index contributed by atoms with van der Waals surface area (Å²) < 4.78 is 12.2. The van der Waals surface area contributed by atoms with E-state index < -0.39 is 0 Å². The first-order chi connectivity index (χ1) is 15.8. The number of hydrogen-bond acceptors (Lipinski definition) is 2. The summed E-state index contributed by atoms with van der Waals surface area (Å²) in [5.41, 5.74) is 0. The number of rotatable bonds is 16. The fourth-order valence-electron chi connectivity index (χ4n) is 4.33. The minimum Gasteiger partial charge on any atom is -0.494 e. The van der Waals surface area contributed by atoms with Crippen molar-refractivity contribution in [1.29, 1.82) is 0 Å². The minimum atomic E-state index is 0.801. The average Bonchev–Trinajstić information content (AvgIpc) is 2.82. The van der Waals surface area contributed by atoms with Crippen molar-refractivity contribution >= 4 is 21.5 Å². The highest BCUT2D eigenvalue weighted by Gasteiger charge is 2.05. The van der Waals surface area contributed by atoms with Gasteiger partial charge in [0.15, 0.2) is 0 Å². The van der Waals surface area contributed by atoms with Crippen molar-refractivity contribution in [3.63, 3.8) is 0 Å². The summed E-state index contributed by atoms with van der Waals surface area (Å²) >= 11 is 0. The number of benzene rings is 3. The summed E-state index contributed by atoms with van der Waals surface area (Å²) in [4.78, 5) is 0. The Morgan fingerprint density at radius 1 is 0.469 bits per heavy atom. The van der Waals surface area contributed by atoms with Gasteiger partial charge in [0.1, 0.15) is 11.5 Å². The first-order valence-corrected chi connectivity index (χ1v) is 13.0. The van der Waals surface area contributed by atoms with Gasteiger partial charge in [-0.05, 0) is 58.7 Å². The van der Waals surface area contributed by atoms with Gasteiger partial charge in [0, 0.05) is 0 Å². The topological polar surface area (TPSA) is 18.5 Å². The lowest BCUT2D eigenvalue weighted by atomic mass is 10.0. The van der Waals surface area contributed by atoms with E-state index in [1.54, 1.807) is 0 Å². The Hall–Kier alpha value is -2.22. The SMILES string of the molecule is CCCCCCCCOc1ccc2ccc3ccc(OCCCCCCCC)cc3c2c1. The van der Waals surface area contributed by atoms with Crippen LogP contribution in [-0.4, -0.2) is 13.2 Å². The largest absolute Gasteiger partial charge is 0.494 e. The molecule has 0 N–H and O–H groups in total. The van der Waals surface area contributed by atoms with E-state index in [2.05, 4.69) is 62.4 Å². The number of fused-ring (bicyclic) bond motifs is 3. The predicted octanol–water partition coefficient (Wildman–Crippen LogP) is 9.47. The lowest BCUT2D eigenvalue weighted by molar-refractivity contribution is 0.304. The van der Waals surface area contributed by atoms with Crippen LogP contribution in [0.2, 0.25) is 0 Å².